The molecule has 0 aromatic carbocycles. The maximum atomic E-state index is 10.8. The third-order valence-electron chi connectivity index (χ3n) is 1.62. The molecule has 6 heteroatoms. The fourth-order valence-electron chi connectivity index (χ4n) is 0.811. The Morgan fingerprint density at radius 2 is 2.07 bits per heavy atom. The molecule has 1 atom stereocenters. The smallest absolute Gasteiger partial charge is 0.303 e. The van der Waals surface area contributed by atoms with Gasteiger partial charge in [-0.3, -0.25) is 4.79 Å². The summed E-state index contributed by atoms with van der Waals surface area (Å²) in [6.07, 6.45) is 1.94. The zero-order valence-electron chi connectivity index (χ0n) is 8.39. The number of aliphatic carboxylic acids is 1. The van der Waals surface area contributed by atoms with Gasteiger partial charge in [-0.15, -0.1) is 0 Å². The van der Waals surface area contributed by atoms with E-state index in [2.05, 4.69) is 0 Å². The van der Waals surface area contributed by atoms with E-state index in [1.165, 1.54) is 18.0 Å². The number of hydrogen-bond donors (Lipinski definition) is 1. The van der Waals surface area contributed by atoms with E-state index in [0.29, 0.717) is 12.2 Å². The van der Waals surface area contributed by atoms with Crippen LogP contribution in [0, 0.1) is 0 Å². The molecule has 0 aliphatic heterocycles. The van der Waals surface area contributed by atoms with Gasteiger partial charge in [0.15, 0.2) is 0 Å². The van der Waals surface area contributed by atoms with Crippen molar-refractivity contribution >= 4 is 27.6 Å². The van der Waals surface area contributed by atoms with Gasteiger partial charge >= 0.3 is 5.97 Å². The van der Waals surface area contributed by atoms with Crippen molar-refractivity contribution in [2.45, 2.75) is 25.0 Å². The zero-order chi connectivity index (χ0) is 11.2. The second-order valence-corrected chi connectivity index (χ2v) is 7.05. The first-order valence-corrected chi connectivity index (χ1v) is 7.43. The van der Waals surface area contributed by atoms with Crippen LogP contribution in [0.15, 0.2) is 0 Å². The molecule has 0 saturated heterocycles. The molecule has 0 rings (SSSR count). The summed E-state index contributed by atoms with van der Waals surface area (Å²) in [4.78, 5) is 10.2. The Kier molecular flexibility index (Phi) is 6.19. The Morgan fingerprint density at radius 3 is 2.50 bits per heavy atom. The van der Waals surface area contributed by atoms with Crippen LogP contribution in [-0.2, 0) is 14.6 Å². The third kappa shape index (κ3) is 9.85. The number of carbonyl (C=O) groups is 1. The molecule has 0 amide bonds. The molecular weight excluding hydrogens is 224 g/mol. The molecule has 0 saturated carbocycles. The zero-order valence-corrected chi connectivity index (χ0v) is 10.0. The van der Waals surface area contributed by atoms with Crippen LogP contribution in [0.2, 0.25) is 0 Å². The number of rotatable bonds is 7. The first-order valence-electron chi connectivity index (χ1n) is 4.32. The Labute approximate surface area is 89.0 Å². The summed E-state index contributed by atoms with van der Waals surface area (Å²) in [7, 11) is -2.89. The van der Waals surface area contributed by atoms with Gasteiger partial charge in [-0.1, -0.05) is 6.92 Å². The molecule has 1 unspecified atom stereocenters. The van der Waals surface area contributed by atoms with Crippen LogP contribution in [0.25, 0.3) is 0 Å². The molecule has 0 aliphatic rings. The van der Waals surface area contributed by atoms with E-state index >= 15 is 0 Å². The molecular formula is C8H16O4S2. The van der Waals surface area contributed by atoms with Crippen molar-refractivity contribution in [1.82, 2.24) is 0 Å². The quantitative estimate of drug-likeness (QED) is 0.719. The largest absolute Gasteiger partial charge is 0.481 e. The van der Waals surface area contributed by atoms with E-state index < -0.39 is 15.8 Å². The highest BCUT2D eigenvalue weighted by Crippen LogP contribution is 2.15. The number of thioether (sulfide) groups is 1. The predicted molar refractivity (Wildman–Crippen MR) is 58.5 cm³/mol. The third-order valence-corrected chi connectivity index (χ3v) is 4.07. The summed E-state index contributed by atoms with van der Waals surface area (Å²) in [6.45, 7) is 1.91. The van der Waals surface area contributed by atoms with Crippen molar-refractivity contribution in [3.05, 3.63) is 0 Å². The monoisotopic (exact) mass is 240 g/mol. The first kappa shape index (κ1) is 13.8. The van der Waals surface area contributed by atoms with Gasteiger partial charge < -0.3 is 5.11 Å². The van der Waals surface area contributed by atoms with Crippen molar-refractivity contribution in [2.24, 2.45) is 0 Å². The van der Waals surface area contributed by atoms with Crippen LogP contribution < -0.4 is 0 Å². The van der Waals surface area contributed by atoms with Gasteiger partial charge in [0, 0.05) is 23.7 Å². The molecule has 0 fully saturated rings. The fourth-order valence-corrected chi connectivity index (χ4v) is 3.09. The number of sulfone groups is 1. The maximum Gasteiger partial charge on any atom is 0.303 e. The van der Waals surface area contributed by atoms with Crippen LogP contribution in [0.4, 0.5) is 0 Å². The van der Waals surface area contributed by atoms with Gasteiger partial charge in [0.25, 0.3) is 0 Å². The Bertz CT molecular complexity index is 271. The van der Waals surface area contributed by atoms with Gasteiger partial charge in [0.1, 0.15) is 9.84 Å². The lowest BCUT2D eigenvalue weighted by molar-refractivity contribution is -0.137. The second kappa shape index (κ2) is 6.29. The van der Waals surface area contributed by atoms with Gasteiger partial charge in [-0.05, 0) is 6.42 Å². The van der Waals surface area contributed by atoms with E-state index in [1.54, 1.807) is 0 Å². The molecule has 0 aromatic heterocycles. The average Bonchev–Trinajstić information content (AvgIpc) is 1.98. The molecule has 4 nitrogen and oxygen atoms in total. The van der Waals surface area contributed by atoms with Crippen LogP contribution in [0.5, 0.6) is 0 Å². The van der Waals surface area contributed by atoms with Gasteiger partial charge in [-0.25, -0.2) is 8.42 Å². The Morgan fingerprint density at radius 1 is 1.50 bits per heavy atom. The lowest BCUT2D eigenvalue weighted by atomic mass is 10.2. The molecule has 0 spiro atoms. The highest BCUT2D eigenvalue weighted by Gasteiger charge is 2.08. The van der Waals surface area contributed by atoms with Gasteiger partial charge in [0.05, 0.1) is 5.75 Å². The highest BCUT2D eigenvalue weighted by atomic mass is 32.2. The summed E-state index contributed by atoms with van der Waals surface area (Å²) < 4.78 is 21.5. The van der Waals surface area contributed by atoms with Crippen molar-refractivity contribution in [3.63, 3.8) is 0 Å². The predicted octanol–water partition coefficient (Wildman–Crippen LogP) is 1.02. The fraction of sp³-hybridized carbons (Fsp3) is 0.875. The highest BCUT2D eigenvalue weighted by molar-refractivity contribution is 8.01. The summed E-state index contributed by atoms with van der Waals surface area (Å²) in [6, 6.07) is 0. The van der Waals surface area contributed by atoms with Crippen molar-refractivity contribution in [2.75, 3.05) is 17.8 Å². The number of hydrogen-bond acceptors (Lipinski definition) is 4. The van der Waals surface area contributed by atoms with Crippen molar-refractivity contribution in [3.8, 4) is 0 Å². The Balaban J connectivity index is 3.54. The van der Waals surface area contributed by atoms with Gasteiger partial charge in [-0.2, -0.15) is 11.8 Å². The molecule has 0 aliphatic carbocycles. The standard InChI is InChI=1S/C8H16O4S2/c1-7(3-4-8(9)10)13-5-6-14(2,11)12/h7H,3-6H2,1-2H3,(H,9,10). The van der Waals surface area contributed by atoms with E-state index in [9.17, 15) is 13.2 Å². The summed E-state index contributed by atoms with van der Waals surface area (Å²) in [5.41, 5.74) is 0. The van der Waals surface area contributed by atoms with E-state index in [-0.39, 0.29) is 17.4 Å². The maximum absolute atomic E-state index is 10.8. The molecule has 0 aromatic rings. The van der Waals surface area contributed by atoms with E-state index in [1.807, 2.05) is 6.92 Å². The molecule has 14 heavy (non-hydrogen) atoms. The first-order chi connectivity index (χ1) is 6.31. The minimum atomic E-state index is -2.89. The van der Waals surface area contributed by atoms with Crippen molar-refractivity contribution in [1.29, 1.82) is 0 Å². The summed E-state index contributed by atoms with van der Waals surface area (Å²) in [5, 5.41) is 8.61. The normalized spacial score (nSPS) is 13.9. The molecule has 0 radical (unpaired) electrons. The topological polar surface area (TPSA) is 71.4 Å². The number of carboxylic acids is 1. The number of carboxylic acid groups (broad SMARTS) is 1. The van der Waals surface area contributed by atoms with Crippen LogP contribution >= 0.6 is 11.8 Å². The minimum absolute atomic E-state index is 0.146. The minimum Gasteiger partial charge on any atom is -0.481 e. The SMILES string of the molecule is CC(CCC(=O)O)SCCS(C)(=O)=O. The summed E-state index contributed by atoms with van der Waals surface area (Å²) in [5.74, 6) is -0.102. The average molecular weight is 240 g/mol. The lowest BCUT2D eigenvalue weighted by Crippen LogP contribution is -2.09. The van der Waals surface area contributed by atoms with Crippen molar-refractivity contribution < 1.29 is 18.3 Å². The van der Waals surface area contributed by atoms with Crippen LogP contribution in [0.1, 0.15) is 19.8 Å². The van der Waals surface area contributed by atoms with E-state index in [0.717, 1.165) is 0 Å². The molecule has 0 bridgehead atoms. The Hall–Kier alpha value is -0.230. The summed E-state index contributed by atoms with van der Waals surface area (Å²) >= 11 is 1.50. The van der Waals surface area contributed by atoms with Crippen LogP contribution in [-0.4, -0.2) is 42.5 Å². The van der Waals surface area contributed by atoms with E-state index in [4.69, 9.17) is 5.11 Å². The second-order valence-electron chi connectivity index (χ2n) is 3.24. The molecule has 1 N–H and O–H groups in total. The van der Waals surface area contributed by atoms with Crippen LogP contribution in [0.3, 0.4) is 0 Å². The molecule has 0 heterocycles. The molecule has 84 valence electrons. The van der Waals surface area contributed by atoms with Gasteiger partial charge in [0.2, 0.25) is 0 Å². The lowest BCUT2D eigenvalue weighted by Gasteiger charge is -2.08.